The Balaban J connectivity index is 4.18. The summed E-state index contributed by atoms with van der Waals surface area (Å²) in [4.78, 5) is 11.1. The van der Waals surface area contributed by atoms with E-state index in [1.165, 1.54) is 0 Å². The van der Waals surface area contributed by atoms with Crippen molar-refractivity contribution in [3.8, 4) is 0 Å². The predicted octanol–water partition coefficient (Wildman–Crippen LogP) is 2.01. The van der Waals surface area contributed by atoms with Gasteiger partial charge >= 0.3 is 0 Å². The molecule has 2 nitrogen and oxygen atoms in total. The maximum atomic E-state index is 11.1. The van der Waals surface area contributed by atoms with Crippen molar-refractivity contribution in [1.29, 1.82) is 0 Å². The Kier molecular flexibility index (Phi) is 5.14. The van der Waals surface area contributed by atoms with Crippen LogP contribution in [0.15, 0.2) is 0 Å². The standard InChI is InChI=1S/C10H20O2/c1-5-6-9(8(4)11)10(12)7(2)3/h7,9-10,12H,5-6H2,1-4H3. The molecule has 0 rings (SSSR count). The van der Waals surface area contributed by atoms with Gasteiger partial charge in [-0.15, -0.1) is 0 Å². The van der Waals surface area contributed by atoms with Gasteiger partial charge in [0.15, 0.2) is 0 Å². The lowest BCUT2D eigenvalue weighted by atomic mass is 9.87. The highest BCUT2D eigenvalue weighted by atomic mass is 16.3. The van der Waals surface area contributed by atoms with E-state index in [1.807, 2.05) is 20.8 Å². The number of hydrogen-bond donors (Lipinski definition) is 1. The molecule has 0 aliphatic rings. The molecule has 0 aromatic heterocycles. The van der Waals surface area contributed by atoms with Gasteiger partial charge in [-0.05, 0) is 19.3 Å². The van der Waals surface area contributed by atoms with E-state index < -0.39 is 6.10 Å². The van der Waals surface area contributed by atoms with Crippen molar-refractivity contribution < 1.29 is 9.90 Å². The average molecular weight is 172 g/mol. The molecule has 0 aromatic carbocycles. The number of rotatable bonds is 5. The quantitative estimate of drug-likeness (QED) is 0.688. The molecule has 72 valence electrons. The summed E-state index contributed by atoms with van der Waals surface area (Å²) in [6.45, 7) is 7.47. The van der Waals surface area contributed by atoms with Crippen LogP contribution in [-0.4, -0.2) is 17.0 Å². The van der Waals surface area contributed by atoms with Crippen molar-refractivity contribution in [1.82, 2.24) is 0 Å². The Morgan fingerprint density at radius 1 is 1.42 bits per heavy atom. The number of carbonyl (C=O) groups is 1. The highest BCUT2D eigenvalue weighted by molar-refractivity contribution is 5.78. The van der Waals surface area contributed by atoms with Gasteiger partial charge in [0.1, 0.15) is 5.78 Å². The maximum Gasteiger partial charge on any atom is 0.135 e. The van der Waals surface area contributed by atoms with Crippen molar-refractivity contribution in [2.75, 3.05) is 0 Å². The smallest absolute Gasteiger partial charge is 0.135 e. The number of hydrogen-bond acceptors (Lipinski definition) is 2. The van der Waals surface area contributed by atoms with Crippen molar-refractivity contribution in [2.45, 2.75) is 46.6 Å². The zero-order valence-corrected chi connectivity index (χ0v) is 8.50. The summed E-state index contributed by atoms with van der Waals surface area (Å²) in [7, 11) is 0. The fraction of sp³-hybridized carbons (Fsp3) is 0.900. The van der Waals surface area contributed by atoms with E-state index in [2.05, 4.69) is 0 Å². The van der Waals surface area contributed by atoms with Crippen molar-refractivity contribution in [3.05, 3.63) is 0 Å². The topological polar surface area (TPSA) is 37.3 Å². The third-order valence-electron chi connectivity index (χ3n) is 2.22. The second kappa shape index (κ2) is 5.31. The van der Waals surface area contributed by atoms with E-state index in [0.29, 0.717) is 0 Å². The highest BCUT2D eigenvalue weighted by Crippen LogP contribution is 2.18. The number of aliphatic hydroxyl groups excluding tert-OH is 1. The Morgan fingerprint density at radius 3 is 2.17 bits per heavy atom. The molecule has 0 fully saturated rings. The molecule has 0 heterocycles. The fourth-order valence-electron chi connectivity index (χ4n) is 1.39. The first-order valence-electron chi connectivity index (χ1n) is 4.69. The van der Waals surface area contributed by atoms with Crippen molar-refractivity contribution in [3.63, 3.8) is 0 Å². The molecule has 0 spiro atoms. The van der Waals surface area contributed by atoms with Crippen LogP contribution in [0.2, 0.25) is 0 Å². The number of aliphatic hydroxyl groups is 1. The van der Waals surface area contributed by atoms with Crippen LogP contribution in [0.3, 0.4) is 0 Å². The van der Waals surface area contributed by atoms with Gasteiger partial charge in [-0.25, -0.2) is 0 Å². The van der Waals surface area contributed by atoms with Gasteiger partial charge in [0.25, 0.3) is 0 Å². The molecule has 2 heteroatoms. The van der Waals surface area contributed by atoms with Gasteiger partial charge in [-0.1, -0.05) is 27.2 Å². The molecule has 0 saturated heterocycles. The Bertz CT molecular complexity index is 141. The van der Waals surface area contributed by atoms with Crippen molar-refractivity contribution >= 4 is 5.78 Å². The summed E-state index contributed by atoms with van der Waals surface area (Å²) >= 11 is 0. The van der Waals surface area contributed by atoms with Crippen LogP contribution in [0.5, 0.6) is 0 Å². The van der Waals surface area contributed by atoms with E-state index >= 15 is 0 Å². The Hall–Kier alpha value is -0.370. The molecular formula is C10H20O2. The molecule has 2 atom stereocenters. The maximum absolute atomic E-state index is 11.1. The molecule has 0 aromatic rings. The van der Waals surface area contributed by atoms with E-state index in [0.717, 1.165) is 12.8 Å². The van der Waals surface area contributed by atoms with Crippen LogP contribution in [0.25, 0.3) is 0 Å². The summed E-state index contributed by atoms with van der Waals surface area (Å²) in [6.07, 6.45) is 1.28. The van der Waals surface area contributed by atoms with Gasteiger partial charge in [0, 0.05) is 5.92 Å². The van der Waals surface area contributed by atoms with Gasteiger partial charge < -0.3 is 5.11 Å². The SMILES string of the molecule is CCCC(C(C)=O)C(O)C(C)C. The molecule has 0 radical (unpaired) electrons. The minimum Gasteiger partial charge on any atom is -0.392 e. The first kappa shape index (κ1) is 11.6. The molecule has 2 unspecified atom stereocenters. The fourth-order valence-corrected chi connectivity index (χ4v) is 1.39. The predicted molar refractivity (Wildman–Crippen MR) is 49.9 cm³/mol. The lowest BCUT2D eigenvalue weighted by molar-refractivity contribution is -0.125. The third-order valence-corrected chi connectivity index (χ3v) is 2.22. The summed E-state index contributed by atoms with van der Waals surface area (Å²) in [5.74, 6) is 0.124. The molecule has 12 heavy (non-hydrogen) atoms. The highest BCUT2D eigenvalue weighted by Gasteiger charge is 2.24. The molecular weight excluding hydrogens is 152 g/mol. The molecule has 1 N–H and O–H groups in total. The second-order valence-corrected chi connectivity index (χ2v) is 3.74. The van der Waals surface area contributed by atoms with Crippen LogP contribution in [-0.2, 0) is 4.79 Å². The normalized spacial score (nSPS) is 16.2. The largest absolute Gasteiger partial charge is 0.392 e. The number of ketones is 1. The monoisotopic (exact) mass is 172 g/mol. The Morgan fingerprint density at radius 2 is 1.92 bits per heavy atom. The van der Waals surface area contributed by atoms with Gasteiger partial charge in [0.2, 0.25) is 0 Å². The number of Topliss-reactive ketones (excluding diaryl/α,β-unsaturated/α-hetero) is 1. The van der Waals surface area contributed by atoms with Gasteiger partial charge in [-0.2, -0.15) is 0 Å². The first-order valence-corrected chi connectivity index (χ1v) is 4.69. The summed E-state index contributed by atoms with van der Waals surface area (Å²) in [5, 5.41) is 9.67. The zero-order chi connectivity index (χ0) is 9.72. The van der Waals surface area contributed by atoms with E-state index in [9.17, 15) is 9.90 Å². The first-order chi connectivity index (χ1) is 5.50. The molecule has 0 amide bonds. The lowest BCUT2D eigenvalue weighted by Gasteiger charge is -2.22. The second-order valence-electron chi connectivity index (χ2n) is 3.74. The van der Waals surface area contributed by atoms with E-state index in [4.69, 9.17) is 0 Å². The van der Waals surface area contributed by atoms with E-state index in [1.54, 1.807) is 6.92 Å². The van der Waals surface area contributed by atoms with Crippen LogP contribution < -0.4 is 0 Å². The minimum atomic E-state index is -0.470. The zero-order valence-electron chi connectivity index (χ0n) is 8.50. The van der Waals surface area contributed by atoms with Crippen LogP contribution in [0.1, 0.15) is 40.5 Å². The van der Waals surface area contributed by atoms with Crippen LogP contribution in [0, 0.1) is 11.8 Å². The van der Waals surface area contributed by atoms with Gasteiger partial charge in [0.05, 0.1) is 6.10 Å². The average Bonchev–Trinajstić information content (AvgIpc) is 1.98. The van der Waals surface area contributed by atoms with Gasteiger partial charge in [-0.3, -0.25) is 4.79 Å². The van der Waals surface area contributed by atoms with Crippen molar-refractivity contribution in [2.24, 2.45) is 11.8 Å². The summed E-state index contributed by atoms with van der Waals surface area (Å²) < 4.78 is 0. The molecule has 0 saturated carbocycles. The summed E-state index contributed by atoms with van der Waals surface area (Å²) in [5.41, 5.74) is 0. The molecule has 0 bridgehead atoms. The Labute approximate surface area is 75.0 Å². The third kappa shape index (κ3) is 3.35. The van der Waals surface area contributed by atoms with Crippen LogP contribution >= 0.6 is 0 Å². The molecule has 0 aliphatic carbocycles. The van der Waals surface area contributed by atoms with Crippen LogP contribution in [0.4, 0.5) is 0 Å². The van der Waals surface area contributed by atoms with E-state index in [-0.39, 0.29) is 17.6 Å². The summed E-state index contributed by atoms with van der Waals surface area (Å²) in [6, 6.07) is 0. The minimum absolute atomic E-state index is 0.109. The number of carbonyl (C=O) groups excluding carboxylic acids is 1. The lowest BCUT2D eigenvalue weighted by Crippen LogP contribution is -2.30. The molecule has 0 aliphatic heterocycles.